The summed E-state index contributed by atoms with van der Waals surface area (Å²) in [4.78, 5) is -0.0478. The number of benzene rings is 2. The summed E-state index contributed by atoms with van der Waals surface area (Å²) < 4.78 is 71.1. The Morgan fingerprint density at radius 3 is 1.62 bits per heavy atom. The average Bonchev–Trinajstić information content (AvgIpc) is 2.79. The highest BCUT2D eigenvalue weighted by atomic mass is 32.2. The van der Waals surface area contributed by atoms with Crippen molar-refractivity contribution < 1.29 is 40.8 Å². The van der Waals surface area contributed by atoms with Crippen LogP contribution in [0.1, 0.15) is 11.1 Å². The lowest BCUT2D eigenvalue weighted by molar-refractivity contribution is 0.210. The summed E-state index contributed by atoms with van der Waals surface area (Å²) in [5, 5.41) is 0. The normalized spacial score (nSPS) is 11.8. The van der Waals surface area contributed by atoms with Crippen LogP contribution in [0.3, 0.4) is 0 Å². The van der Waals surface area contributed by atoms with Gasteiger partial charge >= 0.3 is 7.82 Å². The first kappa shape index (κ1) is 25.8. The molecule has 0 atom stereocenters. The van der Waals surface area contributed by atoms with Crippen LogP contribution in [0, 0.1) is 13.8 Å². The maximum atomic E-state index is 13.4. The third-order valence-corrected chi connectivity index (χ3v) is 7.82. The number of rotatable bonds is 10. The Balaban J connectivity index is 2.53. The zero-order valence-corrected chi connectivity index (χ0v) is 21.0. The van der Waals surface area contributed by atoms with Gasteiger partial charge in [0.2, 0.25) is 5.75 Å². The Morgan fingerprint density at radius 1 is 0.781 bits per heavy atom. The van der Waals surface area contributed by atoms with Gasteiger partial charge in [-0.05, 0) is 37.1 Å². The van der Waals surface area contributed by atoms with E-state index < -0.39 is 17.8 Å². The minimum Gasteiger partial charge on any atom is -0.493 e. The predicted molar refractivity (Wildman–Crippen MR) is 120 cm³/mol. The minimum atomic E-state index is -4.00. The van der Waals surface area contributed by atoms with Crippen molar-refractivity contribution in [2.24, 2.45) is 0 Å². The van der Waals surface area contributed by atoms with Crippen LogP contribution in [-0.2, 0) is 23.6 Å². The molecule has 0 heterocycles. The fraction of sp³-hybridized carbons (Fsp3) is 0.400. The van der Waals surface area contributed by atoms with Crippen LogP contribution in [0.5, 0.6) is 23.0 Å². The number of ether oxygens (including phenoxy) is 3. The van der Waals surface area contributed by atoms with Gasteiger partial charge in [0.15, 0.2) is 11.5 Å². The fourth-order valence-corrected chi connectivity index (χ4v) is 5.04. The fourth-order valence-electron chi connectivity index (χ4n) is 3.02. The summed E-state index contributed by atoms with van der Waals surface area (Å²) in [5.41, 5.74) is 1.45. The molecule has 32 heavy (non-hydrogen) atoms. The van der Waals surface area contributed by atoms with Gasteiger partial charge in [0.1, 0.15) is 5.75 Å². The van der Waals surface area contributed by atoms with Gasteiger partial charge in [-0.2, -0.15) is 0 Å². The molecular weight excluding hydrogens is 461 g/mol. The smallest absolute Gasteiger partial charge is 0.493 e. The second-order valence-electron chi connectivity index (χ2n) is 6.65. The van der Waals surface area contributed by atoms with E-state index in [9.17, 15) is 13.0 Å². The van der Waals surface area contributed by atoms with Gasteiger partial charge in [-0.15, -0.1) is 0 Å². The lowest BCUT2D eigenvalue weighted by atomic mass is 10.1. The molecule has 0 unspecified atom stereocenters. The van der Waals surface area contributed by atoms with Crippen LogP contribution >= 0.6 is 7.82 Å². The molecular formula is C20H28NO9PS. The van der Waals surface area contributed by atoms with Crippen molar-refractivity contribution in [2.75, 3.05) is 46.9 Å². The maximum Gasteiger partial charge on any atom is 0.529 e. The Hall–Kier alpha value is -2.46. The first-order valence-electron chi connectivity index (χ1n) is 9.29. The van der Waals surface area contributed by atoms with Gasteiger partial charge in [-0.3, -0.25) is 13.4 Å². The molecule has 2 aromatic carbocycles. The van der Waals surface area contributed by atoms with Crippen molar-refractivity contribution in [1.82, 2.24) is 0 Å². The van der Waals surface area contributed by atoms with E-state index in [4.69, 9.17) is 27.8 Å². The molecule has 0 aliphatic rings. The van der Waals surface area contributed by atoms with E-state index in [1.54, 1.807) is 26.0 Å². The Labute approximate surface area is 188 Å². The van der Waals surface area contributed by atoms with E-state index >= 15 is 0 Å². The predicted octanol–water partition coefficient (Wildman–Crippen LogP) is 3.93. The lowest BCUT2D eigenvalue weighted by Gasteiger charge is -2.24. The molecule has 0 radical (unpaired) electrons. The lowest BCUT2D eigenvalue weighted by Crippen LogP contribution is -2.27. The molecule has 0 aromatic heterocycles. The Bertz CT molecular complexity index is 1080. The van der Waals surface area contributed by atoms with Crippen LogP contribution in [0.2, 0.25) is 0 Å². The van der Waals surface area contributed by atoms with Crippen LogP contribution in [0.4, 0.5) is 5.69 Å². The number of hydrogen-bond donors (Lipinski definition) is 0. The summed E-state index contributed by atoms with van der Waals surface area (Å²) in [6.07, 6.45) is 0. The number of aryl methyl sites for hydroxylation is 2. The molecule has 0 saturated heterocycles. The summed E-state index contributed by atoms with van der Waals surface area (Å²) in [6, 6.07) is 5.90. The highest BCUT2D eigenvalue weighted by Crippen LogP contribution is 2.50. The van der Waals surface area contributed by atoms with E-state index in [0.717, 1.165) is 4.31 Å². The quantitative estimate of drug-likeness (QED) is 0.458. The van der Waals surface area contributed by atoms with Crippen molar-refractivity contribution in [2.45, 2.75) is 18.7 Å². The van der Waals surface area contributed by atoms with Crippen molar-refractivity contribution in [3.05, 3.63) is 35.4 Å². The summed E-state index contributed by atoms with van der Waals surface area (Å²) in [5.74, 6) is 0.986. The van der Waals surface area contributed by atoms with E-state index in [0.29, 0.717) is 16.8 Å². The molecule has 0 fully saturated rings. The van der Waals surface area contributed by atoms with E-state index in [1.165, 1.54) is 54.7 Å². The molecule has 10 nitrogen and oxygen atoms in total. The third-order valence-electron chi connectivity index (χ3n) is 4.76. The second-order valence-corrected chi connectivity index (χ2v) is 10.4. The zero-order valence-electron chi connectivity index (χ0n) is 19.3. The second kappa shape index (κ2) is 9.99. The molecule has 12 heteroatoms. The van der Waals surface area contributed by atoms with Gasteiger partial charge < -0.3 is 18.7 Å². The molecule has 2 rings (SSSR count). The van der Waals surface area contributed by atoms with Crippen LogP contribution in [0.15, 0.2) is 29.2 Å². The van der Waals surface area contributed by atoms with Gasteiger partial charge in [0.05, 0.1) is 31.9 Å². The van der Waals surface area contributed by atoms with Crippen molar-refractivity contribution in [1.29, 1.82) is 0 Å². The molecule has 2 aromatic rings. The molecule has 178 valence electrons. The Kier molecular flexibility index (Phi) is 8.06. The summed E-state index contributed by atoms with van der Waals surface area (Å²) >= 11 is 0. The standard InChI is InChI=1S/C20H28NO9PS/c1-13-9-15(10-14(2)19(13)30-31(22,28-7)29-8)21(3)32(23,24)16-11-17(25-4)20(27-6)18(12-16)26-5/h9-12H,1-8H3. The molecule has 0 saturated carbocycles. The first-order chi connectivity index (χ1) is 15.0. The number of anilines is 1. The highest BCUT2D eigenvalue weighted by molar-refractivity contribution is 7.92. The average molecular weight is 489 g/mol. The monoisotopic (exact) mass is 489 g/mol. The van der Waals surface area contributed by atoms with E-state index in [-0.39, 0.29) is 27.9 Å². The van der Waals surface area contributed by atoms with Crippen molar-refractivity contribution in [3.63, 3.8) is 0 Å². The molecule has 0 bridgehead atoms. The largest absolute Gasteiger partial charge is 0.529 e. The number of hydrogen-bond acceptors (Lipinski definition) is 9. The summed E-state index contributed by atoms with van der Waals surface area (Å²) in [6.45, 7) is 3.39. The molecule has 0 spiro atoms. The zero-order chi connectivity index (χ0) is 24.3. The van der Waals surface area contributed by atoms with Gasteiger partial charge in [0.25, 0.3) is 10.0 Å². The van der Waals surface area contributed by atoms with Gasteiger partial charge in [-0.1, -0.05) is 0 Å². The molecule has 0 aliphatic carbocycles. The Morgan fingerprint density at radius 2 is 1.25 bits per heavy atom. The van der Waals surface area contributed by atoms with Crippen molar-refractivity contribution in [3.8, 4) is 23.0 Å². The van der Waals surface area contributed by atoms with Gasteiger partial charge in [-0.25, -0.2) is 13.0 Å². The highest BCUT2D eigenvalue weighted by Gasteiger charge is 2.29. The SMILES string of the molecule is COc1cc(S(=O)(=O)N(C)c2cc(C)c(OP(=O)(OC)OC)c(C)c2)cc(OC)c1OC. The minimum absolute atomic E-state index is 0.0478. The topological polar surface area (TPSA) is 110 Å². The van der Waals surface area contributed by atoms with Crippen LogP contribution in [-0.4, -0.2) is 51.0 Å². The van der Waals surface area contributed by atoms with E-state index in [2.05, 4.69) is 0 Å². The van der Waals surface area contributed by atoms with E-state index in [1.807, 2.05) is 0 Å². The first-order valence-corrected chi connectivity index (χ1v) is 12.2. The third kappa shape index (κ3) is 4.96. The summed E-state index contributed by atoms with van der Waals surface area (Å²) in [7, 11) is 0.305. The van der Waals surface area contributed by atoms with Gasteiger partial charge in [0, 0.05) is 33.4 Å². The number of sulfonamides is 1. The molecule has 0 aliphatic heterocycles. The molecule has 0 N–H and O–H groups in total. The van der Waals surface area contributed by atoms with Crippen LogP contribution < -0.4 is 23.0 Å². The number of phosphoric acid groups is 1. The number of phosphoric ester groups is 1. The maximum absolute atomic E-state index is 13.4. The molecule has 0 amide bonds. The van der Waals surface area contributed by atoms with Crippen molar-refractivity contribution >= 4 is 23.5 Å². The number of nitrogens with zero attached hydrogens (tertiary/aromatic N) is 1. The number of methoxy groups -OCH3 is 3. The van der Waals surface area contributed by atoms with Crippen LogP contribution in [0.25, 0.3) is 0 Å².